The Morgan fingerprint density at radius 2 is 0.773 bits per heavy atom. The Labute approximate surface area is 383 Å². The van der Waals surface area contributed by atoms with E-state index >= 15 is 0 Å². The van der Waals surface area contributed by atoms with E-state index in [0.717, 1.165) is 66.4 Å². The number of thiophene rings is 1. The predicted molar refractivity (Wildman–Crippen MR) is 265 cm³/mol. The van der Waals surface area contributed by atoms with Crippen LogP contribution in [0, 0.1) is 27.7 Å². The summed E-state index contributed by atoms with van der Waals surface area (Å²) < 4.78 is 4.82. The smallest absolute Gasteiger partial charge is 0.166 e. The van der Waals surface area contributed by atoms with E-state index in [1.165, 1.54) is 20.2 Å². The van der Waals surface area contributed by atoms with Crippen molar-refractivity contribution in [2.24, 2.45) is 0 Å². The van der Waals surface area contributed by atoms with Crippen molar-refractivity contribution in [2.75, 3.05) is 0 Å². The molecule has 0 spiro atoms. The summed E-state index contributed by atoms with van der Waals surface area (Å²) in [4.78, 5) is 43.8. The van der Waals surface area contributed by atoms with Gasteiger partial charge in [0.15, 0.2) is 29.1 Å². The summed E-state index contributed by atoms with van der Waals surface area (Å²) in [5, 5.41) is 4.59. The summed E-state index contributed by atoms with van der Waals surface area (Å²) in [7, 11) is 0. The lowest BCUT2D eigenvalue weighted by Crippen LogP contribution is -2.04. The van der Waals surface area contributed by atoms with Crippen LogP contribution in [0.5, 0.6) is 0 Å². The Bertz CT molecular complexity index is 3670. The molecular formula is C55H38N10S. The van der Waals surface area contributed by atoms with E-state index in [1.807, 2.05) is 99.7 Å². The number of rotatable bonds is 7. The summed E-state index contributed by atoms with van der Waals surface area (Å²) in [6, 6.07) is 55.0. The van der Waals surface area contributed by atoms with E-state index in [4.69, 9.17) is 34.9 Å². The molecule has 0 radical (unpaired) electrons. The van der Waals surface area contributed by atoms with Crippen LogP contribution in [0.4, 0.5) is 0 Å². The summed E-state index contributed by atoms with van der Waals surface area (Å²) in [6.07, 6.45) is 0. The monoisotopic (exact) mass is 870 g/mol. The standard InChI is InChI=1S/C55H38N10S/c1-31-56-32(2)59-53(58-31)39-19-23-41-42-24-20-40(54-60-33(3)57-34(4)61-54)30-48(42)65(47(41)29-39)46-25-21-37(38-22-26-50-44(27-38)43-17-11-12-18-49(43)66-50)28-45(46)55-63-51(35-13-7-5-8-14-35)62-52(64-55)36-15-9-6-10-16-36/h5-30H,1-4H3. The van der Waals surface area contributed by atoms with E-state index in [2.05, 4.69) is 112 Å². The molecule has 0 saturated carbocycles. The first-order valence-electron chi connectivity index (χ1n) is 21.7. The van der Waals surface area contributed by atoms with Gasteiger partial charge in [0.25, 0.3) is 0 Å². The zero-order valence-corrected chi connectivity index (χ0v) is 37.2. The van der Waals surface area contributed by atoms with Gasteiger partial charge in [-0.25, -0.2) is 44.9 Å². The average Bonchev–Trinajstić information content (AvgIpc) is 3.88. The number of nitrogens with zero attached hydrogens (tertiary/aromatic N) is 10. The maximum absolute atomic E-state index is 5.33. The van der Waals surface area contributed by atoms with Gasteiger partial charge in [-0.1, -0.05) is 115 Å². The summed E-state index contributed by atoms with van der Waals surface area (Å²) in [5.74, 6) is 5.57. The molecule has 5 heterocycles. The van der Waals surface area contributed by atoms with Gasteiger partial charge in [-0.2, -0.15) is 0 Å². The van der Waals surface area contributed by atoms with Crippen molar-refractivity contribution in [1.82, 2.24) is 49.4 Å². The molecule has 0 saturated heterocycles. The van der Waals surface area contributed by atoms with Crippen LogP contribution in [0.3, 0.4) is 0 Å². The van der Waals surface area contributed by atoms with Gasteiger partial charge in [-0.3, -0.25) is 0 Å². The van der Waals surface area contributed by atoms with Crippen LogP contribution in [-0.4, -0.2) is 49.4 Å². The summed E-state index contributed by atoms with van der Waals surface area (Å²) in [5.41, 5.74) is 9.27. The van der Waals surface area contributed by atoms with E-state index < -0.39 is 0 Å². The fourth-order valence-electron chi connectivity index (χ4n) is 8.97. The molecule has 10 nitrogen and oxygen atoms in total. The number of aromatic nitrogens is 10. The second-order valence-corrected chi connectivity index (χ2v) is 17.5. The molecule has 0 aliphatic carbocycles. The number of hydrogen-bond donors (Lipinski definition) is 0. The number of hydrogen-bond acceptors (Lipinski definition) is 10. The quantitative estimate of drug-likeness (QED) is 0.154. The van der Waals surface area contributed by atoms with Crippen molar-refractivity contribution in [2.45, 2.75) is 27.7 Å². The number of benzene rings is 7. The molecule has 5 aromatic heterocycles. The Kier molecular flexibility index (Phi) is 9.32. The predicted octanol–water partition coefficient (Wildman–Crippen LogP) is 12.9. The lowest BCUT2D eigenvalue weighted by atomic mass is 9.99. The minimum absolute atomic E-state index is 0.538. The van der Waals surface area contributed by atoms with Crippen molar-refractivity contribution in [3.05, 3.63) is 181 Å². The zero-order chi connectivity index (χ0) is 44.5. The Balaban J connectivity index is 1.18. The largest absolute Gasteiger partial charge is 0.308 e. The Morgan fingerprint density at radius 1 is 0.318 bits per heavy atom. The van der Waals surface area contributed by atoms with Crippen LogP contribution in [0.1, 0.15) is 23.3 Å². The van der Waals surface area contributed by atoms with Gasteiger partial charge in [0.2, 0.25) is 0 Å². The first kappa shape index (κ1) is 39.2. The van der Waals surface area contributed by atoms with E-state index in [1.54, 1.807) is 0 Å². The van der Waals surface area contributed by atoms with Crippen LogP contribution in [0.2, 0.25) is 0 Å². The summed E-state index contributed by atoms with van der Waals surface area (Å²) in [6.45, 7) is 7.59. The van der Waals surface area contributed by atoms with Gasteiger partial charge < -0.3 is 4.57 Å². The van der Waals surface area contributed by atoms with Gasteiger partial charge in [0, 0.05) is 58.8 Å². The molecule has 0 fully saturated rings. The van der Waals surface area contributed by atoms with Crippen molar-refractivity contribution in [1.29, 1.82) is 0 Å². The normalized spacial score (nSPS) is 11.6. The molecule has 0 amide bonds. The van der Waals surface area contributed by atoms with E-state index in [9.17, 15) is 0 Å². The van der Waals surface area contributed by atoms with Crippen LogP contribution in [-0.2, 0) is 0 Å². The average molecular weight is 871 g/mol. The molecule has 0 atom stereocenters. The molecule has 7 aromatic carbocycles. The van der Waals surface area contributed by atoms with Crippen LogP contribution in [0.15, 0.2) is 158 Å². The van der Waals surface area contributed by atoms with Crippen LogP contribution in [0.25, 0.3) is 116 Å². The molecule has 314 valence electrons. The highest BCUT2D eigenvalue weighted by molar-refractivity contribution is 7.25. The molecule has 0 aliphatic heterocycles. The van der Waals surface area contributed by atoms with E-state index in [0.29, 0.717) is 52.4 Å². The third-order valence-electron chi connectivity index (χ3n) is 11.9. The Morgan fingerprint density at radius 3 is 1.35 bits per heavy atom. The van der Waals surface area contributed by atoms with Gasteiger partial charge in [0.05, 0.1) is 16.7 Å². The Hall–Kier alpha value is -8.41. The highest BCUT2D eigenvalue weighted by Crippen LogP contribution is 2.42. The first-order valence-corrected chi connectivity index (χ1v) is 22.5. The lowest BCUT2D eigenvalue weighted by Gasteiger charge is -2.17. The topological polar surface area (TPSA) is 121 Å². The molecule has 0 N–H and O–H groups in total. The SMILES string of the molecule is Cc1nc(C)nc(-c2ccc3c4ccc(-c5nc(C)nc(C)n5)cc4n(-c4ccc(-c5ccc6sc7ccccc7c6c5)cc4-c4nc(-c5ccccc5)nc(-c5ccccc5)n4)c3c2)n1. The maximum Gasteiger partial charge on any atom is 0.166 e. The number of aryl methyl sites for hydroxylation is 4. The minimum atomic E-state index is 0.538. The molecule has 0 bridgehead atoms. The molecule has 12 aromatic rings. The molecule has 0 aliphatic rings. The van der Waals surface area contributed by atoms with Crippen molar-refractivity contribution < 1.29 is 0 Å². The van der Waals surface area contributed by atoms with Gasteiger partial charge >= 0.3 is 0 Å². The third kappa shape index (κ3) is 6.93. The molecule has 66 heavy (non-hydrogen) atoms. The minimum Gasteiger partial charge on any atom is -0.308 e. The van der Waals surface area contributed by atoms with Crippen molar-refractivity contribution >= 4 is 53.3 Å². The van der Waals surface area contributed by atoms with Gasteiger partial charge in [-0.05, 0) is 81.3 Å². The highest BCUT2D eigenvalue weighted by Gasteiger charge is 2.23. The first-order chi connectivity index (χ1) is 32.3. The van der Waals surface area contributed by atoms with Crippen LogP contribution >= 0.6 is 11.3 Å². The molecular weight excluding hydrogens is 833 g/mol. The molecule has 12 rings (SSSR count). The summed E-state index contributed by atoms with van der Waals surface area (Å²) >= 11 is 1.81. The third-order valence-corrected chi connectivity index (χ3v) is 13.0. The second kappa shape index (κ2) is 15.7. The fourth-order valence-corrected chi connectivity index (χ4v) is 10.1. The highest BCUT2D eigenvalue weighted by atomic mass is 32.1. The van der Waals surface area contributed by atoms with Crippen molar-refractivity contribution in [3.63, 3.8) is 0 Å². The second-order valence-electron chi connectivity index (χ2n) is 16.4. The van der Waals surface area contributed by atoms with Gasteiger partial charge in [-0.15, -0.1) is 11.3 Å². The van der Waals surface area contributed by atoms with Crippen molar-refractivity contribution in [3.8, 4) is 73.8 Å². The molecule has 0 unspecified atom stereocenters. The number of fused-ring (bicyclic) bond motifs is 6. The van der Waals surface area contributed by atoms with E-state index in [-0.39, 0.29) is 0 Å². The maximum atomic E-state index is 5.33. The van der Waals surface area contributed by atoms with Crippen LogP contribution < -0.4 is 0 Å². The zero-order valence-electron chi connectivity index (χ0n) is 36.4. The molecule has 11 heteroatoms. The fraction of sp³-hybridized carbons (Fsp3) is 0.0727. The van der Waals surface area contributed by atoms with Gasteiger partial charge in [0.1, 0.15) is 23.3 Å². The lowest BCUT2D eigenvalue weighted by molar-refractivity contribution is 0.928.